The molecule has 0 spiro atoms. The molecule has 0 aliphatic rings. The molecule has 0 amide bonds. The third-order valence-corrected chi connectivity index (χ3v) is 2.43. The van der Waals surface area contributed by atoms with Gasteiger partial charge in [-0.3, -0.25) is 4.79 Å². The van der Waals surface area contributed by atoms with E-state index in [1.807, 2.05) is 0 Å². The summed E-state index contributed by atoms with van der Waals surface area (Å²) in [6, 6.07) is 5.00. The van der Waals surface area contributed by atoms with E-state index in [-0.39, 0.29) is 19.0 Å². The Morgan fingerprint density at radius 3 is 1.84 bits per heavy atom. The highest BCUT2D eigenvalue weighted by Crippen LogP contribution is 2.23. The monoisotopic (exact) mass is 268 g/mol. The minimum absolute atomic E-state index is 0.0618. The van der Waals surface area contributed by atoms with Gasteiger partial charge in [0.2, 0.25) is 0 Å². The van der Waals surface area contributed by atoms with E-state index in [9.17, 15) is 4.79 Å². The Labute approximate surface area is 112 Å². The Morgan fingerprint density at radius 1 is 1.00 bits per heavy atom. The summed E-state index contributed by atoms with van der Waals surface area (Å²) in [4.78, 5) is 11.4. The third-order valence-electron chi connectivity index (χ3n) is 2.43. The number of benzene rings is 1. The van der Waals surface area contributed by atoms with E-state index < -0.39 is 0 Å². The number of hydrogen-bond donors (Lipinski definition) is 2. The lowest BCUT2D eigenvalue weighted by Crippen LogP contribution is -2.04. The molecule has 2 N–H and O–H groups in total. The Hall–Kier alpha value is -1.59. The van der Waals surface area contributed by atoms with Crippen molar-refractivity contribution in [2.75, 3.05) is 26.4 Å². The fourth-order valence-electron chi connectivity index (χ4n) is 1.45. The molecule has 1 aromatic carbocycles. The van der Waals surface area contributed by atoms with Crippen LogP contribution < -0.4 is 9.47 Å². The van der Waals surface area contributed by atoms with Gasteiger partial charge >= 0.3 is 0 Å². The largest absolute Gasteiger partial charge is 0.493 e. The number of ether oxygens (including phenoxy) is 2. The standard InChI is InChI=1S/C14H20O5/c1-11(17)12-8-13(18-6-2-4-15)10-14(9-12)19-7-3-5-16/h8-10,15-16H,2-7H2,1H3. The van der Waals surface area contributed by atoms with Crippen LogP contribution in [0, 0.1) is 0 Å². The molecule has 1 rings (SSSR count). The lowest BCUT2D eigenvalue weighted by atomic mass is 10.1. The van der Waals surface area contributed by atoms with Crippen LogP contribution in [0.5, 0.6) is 11.5 Å². The third kappa shape index (κ3) is 5.72. The molecule has 106 valence electrons. The van der Waals surface area contributed by atoms with Crippen molar-refractivity contribution < 1.29 is 24.5 Å². The molecule has 0 bridgehead atoms. The predicted molar refractivity (Wildman–Crippen MR) is 70.8 cm³/mol. The Morgan fingerprint density at radius 2 is 1.47 bits per heavy atom. The molecule has 5 heteroatoms. The zero-order chi connectivity index (χ0) is 14.1. The number of carbonyl (C=O) groups excluding carboxylic acids is 1. The van der Waals surface area contributed by atoms with Gasteiger partial charge in [0.15, 0.2) is 5.78 Å². The first kappa shape index (κ1) is 15.5. The number of aliphatic hydroxyl groups excluding tert-OH is 2. The van der Waals surface area contributed by atoms with Gasteiger partial charge in [0, 0.05) is 37.7 Å². The lowest BCUT2D eigenvalue weighted by Gasteiger charge is -2.11. The zero-order valence-electron chi connectivity index (χ0n) is 11.1. The first-order valence-corrected chi connectivity index (χ1v) is 6.30. The number of rotatable bonds is 9. The van der Waals surface area contributed by atoms with Gasteiger partial charge in [-0.05, 0) is 19.1 Å². The van der Waals surface area contributed by atoms with Crippen molar-refractivity contribution in [2.45, 2.75) is 19.8 Å². The van der Waals surface area contributed by atoms with E-state index in [4.69, 9.17) is 19.7 Å². The molecule has 1 aromatic rings. The first-order valence-electron chi connectivity index (χ1n) is 6.30. The smallest absolute Gasteiger partial charge is 0.160 e. The van der Waals surface area contributed by atoms with Gasteiger partial charge in [-0.2, -0.15) is 0 Å². The summed E-state index contributed by atoms with van der Waals surface area (Å²) >= 11 is 0. The predicted octanol–water partition coefficient (Wildman–Crippen LogP) is 1.41. The van der Waals surface area contributed by atoms with Crippen LogP contribution in [-0.2, 0) is 0 Å². The first-order chi connectivity index (χ1) is 9.17. The van der Waals surface area contributed by atoms with Gasteiger partial charge in [-0.1, -0.05) is 0 Å². The van der Waals surface area contributed by atoms with Crippen molar-refractivity contribution in [1.82, 2.24) is 0 Å². The summed E-state index contributed by atoms with van der Waals surface area (Å²) in [5.41, 5.74) is 0.514. The summed E-state index contributed by atoms with van der Waals surface area (Å²) in [6.07, 6.45) is 1.07. The van der Waals surface area contributed by atoms with Crippen LogP contribution in [0.1, 0.15) is 30.1 Å². The molecular formula is C14H20O5. The molecule has 0 unspecified atom stereocenters. The van der Waals surface area contributed by atoms with Crippen LogP contribution in [0.4, 0.5) is 0 Å². The summed E-state index contributed by atoms with van der Waals surface area (Å²) in [6.45, 7) is 2.37. The van der Waals surface area contributed by atoms with Crippen molar-refractivity contribution in [3.05, 3.63) is 23.8 Å². The van der Waals surface area contributed by atoms with E-state index in [0.717, 1.165) is 0 Å². The van der Waals surface area contributed by atoms with E-state index in [1.165, 1.54) is 6.92 Å². The molecule has 0 saturated heterocycles. The topological polar surface area (TPSA) is 76.0 Å². The van der Waals surface area contributed by atoms with Gasteiger partial charge in [-0.25, -0.2) is 0 Å². The van der Waals surface area contributed by atoms with Crippen LogP contribution in [0.2, 0.25) is 0 Å². The molecule has 5 nitrogen and oxygen atoms in total. The normalized spacial score (nSPS) is 10.3. The lowest BCUT2D eigenvalue weighted by molar-refractivity contribution is 0.101. The SMILES string of the molecule is CC(=O)c1cc(OCCCO)cc(OCCCO)c1. The Balaban J connectivity index is 2.75. The van der Waals surface area contributed by atoms with Crippen molar-refractivity contribution in [1.29, 1.82) is 0 Å². The molecule has 0 radical (unpaired) electrons. The van der Waals surface area contributed by atoms with Crippen molar-refractivity contribution >= 4 is 5.78 Å². The Bertz CT molecular complexity index is 375. The maximum absolute atomic E-state index is 11.4. The zero-order valence-corrected chi connectivity index (χ0v) is 11.1. The van der Waals surface area contributed by atoms with Crippen LogP contribution in [0.25, 0.3) is 0 Å². The van der Waals surface area contributed by atoms with Gasteiger partial charge in [0.05, 0.1) is 13.2 Å². The van der Waals surface area contributed by atoms with Crippen LogP contribution >= 0.6 is 0 Å². The molecule has 0 aliphatic heterocycles. The molecule has 0 saturated carbocycles. The van der Waals surface area contributed by atoms with Crippen LogP contribution in [0.3, 0.4) is 0 Å². The average Bonchev–Trinajstić information content (AvgIpc) is 2.39. The summed E-state index contributed by atoms with van der Waals surface area (Å²) < 4.78 is 10.9. The number of aliphatic hydroxyl groups is 2. The second kappa shape index (κ2) is 8.50. The maximum atomic E-state index is 11.4. The van der Waals surface area contributed by atoms with Crippen LogP contribution in [0.15, 0.2) is 18.2 Å². The highest BCUT2D eigenvalue weighted by atomic mass is 16.5. The molecule has 0 aromatic heterocycles. The van der Waals surface area contributed by atoms with E-state index in [0.29, 0.717) is 43.1 Å². The minimum atomic E-state index is -0.0698. The number of hydrogen-bond acceptors (Lipinski definition) is 5. The molecule has 19 heavy (non-hydrogen) atoms. The minimum Gasteiger partial charge on any atom is -0.493 e. The second-order valence-corrected chi connectivity index (χ2v) is 4.10. The fourth-order valence-corrected chi connectivity index (χ4v) is 1.45. The fraction of sp³-hybridized carbons (Fsp3) is 0.500. The van der Waals surface area contributed by atoms with Crippen LogP contribution in [-0.4, -0.2) is 42.4 Å². The van der Waals surface area contributed by atoms with E-state index in [1.54, 1.807) is 18.2 Å². The molecular weight excluding hydrogens is 248 g/mol. The number of carbonyl (C=O) groups is 1. The van der Waals surface area contributed by atoms with Gasteiger partial charge in [0.1, 0.15) is 11.5 Å². The summed E-state index contributed by atoms with van der Waals surface area (Å²) in [7, 11) is 0. The quantitative estimate of drug-likeness (QED) is 0.523. The molecule has 0 atom stereocenters. The van der Waals surface area contributed by atoms with Crippen molar-refractivity contribution in [2.24, 2.45) is 0 Å². The van der Waals surface area contributed by atoms with Gasteiger partial charge in [-0.15, -0.1) is 0 Å². The molecule has 0 fully saturated rings. The highest BCUT2D eigenvalue weighted by Gasteiger charge is 2.07. The molecule has 0 aliphatic carbocycles. The maximum Gasteiger partial charge on any atom is 0.160 e. The summed E-state index contributed by atoms with van der Waals surface area (Å²) in [5, 5.41) is 17.4. The van der Waals surface area contributed by atoms with Gasteiger partial charge < -0.3 is 19.7 Å². The summed E-state index contributed by atoms with van der Waals surface area (Å²) in [5.74, 6) is 1.01. The van der Waals surface area contributed by atoms with Crippen molar-refractivity contribution in [3.63, 3.8) is 0 Å². The Kier molecular flexibility index (Phi) is 6.92. The van der Waals surface area contributed by atoms with E-state index >= 15 is 0 Å². The molecule has 0 heterocycles. The van der Waals surface area contributed by atoms with E-state index in [2.05, 4.69) is 0 Å². The highest BCUT2D eigenvalue weighted by molar-refractivity contribution is 5.94. The number of ketones is 1. The van der Waals surface area contributed by atoms with Gasteiger partial charge in [0.25, 0.3) is 0 Å². The average molecular weight is 268 g/mol. The number of Topliss-reactive ketones (excluding diaryl/α,β-unsaturated/α-hetero) is 1. The second-order valence-electron chi connectivity index (χ2n) is 4.10. The van der Waals surface area contributed by atoms with Crippen molar-refractivity contribution in [3.8, 4) is 11.5 Å².